The van der Waals surface area contributed by atoms with Crippen LogP contribution in [0.1, 0.15) is 16.7 Å². The van der Waals surface area contributed by atoms with Crippen molar-refractivity contribution in [1.82, 2.24) is 4.98 Å². The van der Waals surface area contributed by atoms with Gasteiger partial charge in [-0.25, -0.2) is 0 Å². The molecule has 5 heteroatoms. The summed E-state index contributed by atoms with van der Waals surface area (Å²) in [5.41, 5.74) is 8.84. The minimum absolute atomic E-state index is 0.134. The highest BCUT2D eigenvalue weighted by atomic mass is 79.9. The van der Waals surface area contributed by atoms with Crippen LogP contribution in [-0.2, 0) is 6.42 Å². The molecular formula is C13H11BrN2OS. The maximum Gasteiger partial charge on any atom is 0.148 e. The lowest BCUT2D eigenvalue weighted by atomic mass is 10.1. The molecule has 3 aromatic rings. The molecule has 3 rings (SSSR count). The quantitative estimate of drug-likeness (QED) is 0.795. The van der Waals surface area contributed by atoms with Crippen LogP contribution < -0.4 is 5.73 Å². The summed E-state index contributed by atoms with van der Waals surface area (Å²) < 4.78 is 6.78. The molecule has 1 atom stereocenters. The summed E-state index contributed by atoms with van der Waals surface area (Å²) in [6.07, 6.45) is 2.60. The highest BCUT2D eigenvalue weighted by Gasteiger charge is 2.14. The molecule has 0 aliphatic rings. The standard InChI is InChI=1S/C13H11BrN2OS/c14-10-3-1-2-8-4-12(17-13(8)10)11(15)5-9-6-16-7-18-9/h1-4,6-7,11H,5,15H2. The lowest BCUT2D eigenvalue weighted by Crippen LogP contribution is -2.11. The molecule has 18 heavy (non-hydrogen) atoms. The summed E-state index contributed by atoms with van der Waals surface area (Å²) in [4.78, 5) is 5.22. The Morgan fingerprint density at radius 1 is 1.44 bits per heavy atom. The number of furan rings is 1. The van der Waals surface area contributed by atoms with Crippen LogP contribution in [0.2, 0.25) is 0 Å². The van der Waals surface area contributed by atoms with Gasteiger partial charge >= 0.3 is 0 Å². The van der Waals surface area contributed by atoms with Gasteiger partial charge in [-0.1, -0.05) is 12.1 Å². The molecule has 0 saturated heterocycles. The van der Waals surface area contributed by atoms with Gasteiger partial charge in [-0.2, -0.15) is 0 Å². The first-order chi connectivity index (χ1) is 8.74. The van der Waals surface area contributed by atoms with Crippen molar-refractivity contribution in [3.05, 3.63) is 51.1 Å². The molecule has 0 saturated carbocycles. The first-order valence-corrected chi connectivity index (χ1v) is 7.22. The number of hydrogen-bond donors (Lipinski definition) is 1. The number of benzene rings is 1. The van der Waals surface area contributed by atoms with Gasteiger partial charge in [0.15, 0.2) is 0 Å². The number of aromatic nitrogens is 1. The largest absolute Gasteiger partial charge is 0.458 e. The van der Waals surface area contributed by atoms with E-state index in [1.54, 1.807) is 11.3 Å². The van der Waals surface area contributed by atoms with E-state index < -0.39 is 0 Å². The van der Waals surface area contributed by atoms with Crippen molar-refractivity contribution in [2.75, 3.05) is 0 Å². The Morgan fingerprint density at radius 2 is 2.33 bits per heavy atom. The van der Waals surface area contributed by atoms with E-state index in [-0.39, 0.29) is 6.04 Å². The fraction of sp³-hybridized carbons (Fsp3) is 0.154. The summed E-state index contributed by atoms with van der Waals surface area (Å²) >= 11 is 5.09. The Labute approximate surface area is 117 Å². The number of hydrogen-bond acceptors (Lipinski definition) is 4. The number of nitrogens with zero attached hydrogens (tertiary/aromatic N) is 1. The van der Waals surface area contributed by atoms with E-state index in [1.165, 1.54) is 4.88 Å². The number of halogens is 1. The van der Waals surface area contributed by atoms with E-state index in [2.05, 4.69) is 20.9 Å². The highest BCUT2D eigenvalue weighted by Crippen LogP contribution is 2.30. The fourth-order valence-corrected chi connectivity index (χ4v) is 3.01. The van der Waals surface area contributed by atoms with Crippen LogP contribution >= 0.6 is 27.3 Å². The molecule has 92 valence electrons. The molecule has 0 aliphatic carbocycles. The van der Waals surface area contributed by atoms with Crippen molar-refractivity contribution >= 4 is 38.2 Å². The zero-order valence-electron chi connectivity index (χ0n) is 9.47. The third-order valence-corrected chi connectivity index (χ3v) is 4.21. The van der Waals surface area contributed by atoms with E-state index in [9.17, 15) is 0 Å². The summed E-state index contributed by atoms with van der Waals surface area (Å²) in [5.74, 6) is 0.810. The molecule has 2 N–H and O–H groups in total. The Kier molecular flexibility index (Phi) is 3.20. The predicted molar refractivity (Wildman–Crippen MR) is 76.7 cm³/mol. The number of nitrogens with two attached hydrogens (primary N) is 1. The zero-order valence-corrected chi connectivity index (χ0v) is 11.9. The van der Waals surface area contributed by atoms with Gasteiger partial charge in [0.2, 0.25) is 0 Å². The van der Waals surface area contributed by atoms with Crippen molar-refractivity contribution < 1.29 is 4.42 Å². The summed E-state index contributed by atoms with van der Waals surface area (Å²) in [6.45, 7) is 0. The lowest BCUT2D eigenvalue weighted by Gasteiger charge is -2.05. The first-order valence-electron chi connectivity index (χ1n) is 5.55. The second kappa shape index (κ2) is 4.84. The topological polar surface area (TPSA) is 52.0 Å². The van der Waals surface area contributed by atoms with Gasteiger partial charge in [0.1, 0.15) is 11.3 Å². The van der Waals surface area contributed by atoms with E-state index in [0.29, 0.717) is 0 Å². The zero-order chi connectivity index (χ0) is 12.5. The van der Waals surface area contributed by atoms with Crippen LogP contribution in [-0.4, -0.2) is 4.98 Å². The maximum absolute atomic E-state index is 6.17. The van der Waals surface area contributed by atoms with Gasteiger partial charge in [-0.15, -0.1) is 11.3 Å². The molecule has 1 unspecified atom stereocenters. The average Bonchev–Trinajstić information content (AvgIpc) is 2.97. The Bertz CT molecular complexity index is 663. The number of para-hydroxylation sites is 1. The Morgan fingerprint density at radius 3 is 3.06 bits per heavy atom. The van der Waals surface area contributed by atoms with Gasteiger partial charge in [0, 0.05) is 22.9 Å². The second-order valence-electron chi connectivity index (χ2n) is 4.09. The summed E-state index contributed by atoms with van der Waals surface area (Å²) in [7, 11) is 0. The van der Waals surface area contributed by atoms with Crippen LogP contribution in [0.3, 0.4) is 0 Å². The van der Waals surface area contributed by atoms with E-state index in [0.717, 1.165) is 27.6 Å². The molecule has 0 spiro atoms. The Hall–Kier alpha value is -1.17. The maximum atomic E-state index is 6.17. The number of fused-ring (bicyclic) bond motifs is 1. The average molecular weight is 323 g/mol. The normalized spacial score (nSPS) is 13.0. The van der Waals surface area contributed by atoms with Crippen LogP contribution in [0, 0.1) is 0 Å². The van der Waals surface area contributed by atoms with Crippen LogP contribution in [0.4, 0.5) is 0 Å². The molecule has 0 bridgehead atoms. The van der Waals surface area contributed by atoms with Crippen molar-refractivity contribution in [1.29, 1.82) is 0 Å². The monoisotopic (exact) mass is 322 g/mol. The van der Waals surface area contributed by atoms with Crippen molar-refractivity contribution in [3.8, 4) is 0 Å². The van der Waals surface area contributed by atoms with Crippen molar-refractivity contribution in [3.63, 3.8) is 0 Å². The van der Waals surface area contributed by atoms with Crippen LogP contribution in [0.15, 0.2) is 44.9 Å². The summed E-state index contributed by atoms with van der Waals surface area (Å²) in [5, 5.41) is 1.07. The Balaban J connectivity index is 1.92. The smallest absolute Gasteiger partial charge is 0.148 e. The molecule has 0 amide bonds. The number of thiazole rings is 1. The minimum Gasteiger partial charge on any atom is -0.458 e. The third-order valence-electron chi connectivity index (χ3n) is 2.79. The third kappa shape index (κ3) is 2.21. The van der Waals surface area contributed by atoms with Gasteiger partial charge < -0.3 is 10.2 Å². The highest BCUT2D eigenvalue weighted by molar-refractivity contribution is 9.10. The molecule has 3 nitrogen and oxygen atoms in total. The van der Waals surface area contributed by atoms with E-state index >= 15 is 0 Å². The van der Waals surface area contributed by atoms with Gasteiger partial charge in [-0.05, 0) is 28.1 Å². The SMILES string of the molecule is NC(Cc1cncs1)c1cc2cccc(Br)c2o1. The molecule has 1 aromatic carbocycles. The molecule has 0 radical (unpaired) electrons. The number of rotatable bonds is 3. The fourth-order valence-electron chi connectivity index (χ4n) is 1.89. The molecule has 0 aliphatic heterocycles. The van der Waals surface area contributed by atoms with Gasteiger partial charge in [0.05, 0.1) is 16.0 Å². The van der Waals surface area contributed by atoms with Gasteiger partial charge in [0.25, 0.3) is 0 Å². The summed E-state index contributed by atoms with van der Waals surface area (Å²) in [6, 6.07) is 7.84. The second-order valence-corrected chi connectivity index (χ2v) is 5.91. The minimum atomic E-state index is -0.134. The molecule has 2 heterocycles. The van der Waals surface area contributed by atoms with E-state index in [4.69, 9.17) is 10.2 Å². The molecule has 0 fully saturated rings. The predicted octanol–water partition coefficient (Wildman–Crippen LogP) is 3.89. The van der Waals surface area contributed by atoms with Gasteiger partial charge in [-0.3, -0.25) is 4.98 Å². The lowest BCUT2D eigenvalue weighted by molar-refractivity contribution is 0.494. The van der Waals surface area contributed by atoms with Crippen molar-refractivity contribution in [2.45, 2.75) is 12.5 Å². The first kappa shape index (κ1) is 11.9. The van der Waals surface area contributed by atoms with Crippen molar-refractivity contribution in [2.24, 2.45) is 5.73 Å². The van der Waals surface area contributed by atoms with Crippen LogP contribution in [0.5, 0.6) is 0 Å². The molecular weight excluding hydrogens is 312 g/mol. The van der Waals surface area contributed by atoms with E-state index in [1.807, 2.05) is 36.0 Å². The molecule has 2 aromatic heterocycles. The van der Waals surface area contributed by atoms with Crippen LogP contribution in [0.25, 0.3) is 11.0 Å².